The van der Waals surface area contributed by atoms with Crippen LogP contribution in [0.15, 0.2) is 0 Å². The Morgan fingerprint density at radius 1 is 1.23 bits per heavy atom. The summed E-state index contributed by atoms with van der Waals surface area (Å²) in [5, 5.41) is 10.2. The second-order valence-corrected chi connectivity index (χ2v) is 7.44. The van der Waals surface area contributed by atoms with Crippen LogP contribution in [0.5, 0.6) is 0 Å². The van der Waals surface area contributed by atoms with Crippen LogP contribution in [-0.4, -0.2) is 53.4 Å². The molecule has 3 fully saturated rings. The Bertz CT molecular complexity index is 410. The molecule has 0 aromatic rings. The van der Waals surface area contributed by atoms with Gasteiger partial charge < -0.3 is 20.5 Å². The van der Waals surface area contributed by atoms with Crippen molar-refractivity contribution in [1.29, 1.82) is 0 Å². The Morgan fingerprint density at radius 2 is 1.86 bits per heavy atom. The van der Waals surface area contributed by atoms with Crippen LogP contribution in [0.1, 0.15) is 58.3 Å². The molecule has 5 heteroatoms. The molecule has 3 rings (SSSR count). The van der Waals surface area contributed by atoms with Crippen molar-refractivity contribution in [2.45, 2.75) is 76.0 Å². The van der Waals surface area contributed by atoms with Gasteiger partial charge in [-0.15, -0.1) is 0 Å². The molecule has 1 heterocycles. The summed E-state index contributed by atoms with van der Waals surface area (Å²) in [6.45, 7) is 4.10. The molecule has 0 radical (unpaired) electrons. The number of nitrogens with two attached hydrogens (primary N) is 1. The van der Waals surface area contributed by atoms with Gasteiger partial charge in [-0.25, -0.2) is 0 Å². The fourth-order valence-corrected chi connectivity index (χ4v) is 4.65. The second kappa shape index (κ2) is 6.10. The number of piperidine rings is 1. The molecule has 22 heavy (non-hydrogen) atoms. The quantitative estimate of drug-likeness (QED) is 0.827. The van der Waals surface area contributed by atoms with Crippen molar-refractivity contribution in [3.8, 4) is 0 Å². The summed E-state index contributed by atoms with van der Waals surface area (Å²) < 4.78 is 5.79. The number of aliphatic hydroxyl groups excluding tert-OH is 1. The van der Waals surface area contributed by atoms with Gasteiger partial charge in [0.25, 0.3) is 0 Å². The van der Waals surface area contributed by atoms with Crippen molar-refractivity contribution in [3.63, 3.8) is 0 Å². The Balaban J connectivity index is 1.60. The van der Waals surface area contributed by atoms with Gasteiger partial charge in [0.05, 0.1) is 17.7 Å². The summed E-state index contributed by atoms with van der Waals surface area (Å²) in [6.07, 6.45) is 7.24. The average Bonchev–Trinajstić information content (AvgIpc) is 2.55. The minimum Gasteiger partial charge on any atom is -0.392 e. The van der Waals surface area contributed by atoms with Gasteiger partial charge >= 0.3 is 0 Å². The van der Waals surface area contributed by atoms with Gasteiger partial charge in [-0.3, -0.25) is 4.79 Å². The van der Waals surface area contributed by atoms with E-state index < -0.39 is 5.54 Å². The molecular weight excluding hydrogens is 280 g/mol. The first-order chi connectivity index (χ1) is 10.5. The van der Waals surface area contributed by atoms with Gasteiger partial charge in [-0.2, -0.15) is 0 Å². The van der Waals surface area contributed by atoms with Crippen molar-refractivity contribution >= 4 is 5.91 Å². The van der Waals surface area contributed by atoms with E-state index in [2.05, 4.69) is 0 Å². The number of hydrogen-bond acceptors (Lipinski definition) is 4. The van der Waals surface area contributed by atoms with Gasteiger partial charge in [-0.1, -0.05) is 19.3 Å². The molecule has 0 aromatic carbocycles. The maximum absolute atomic E-state index is 12.8. The molecule has 5 nitrogen and oxygen atoms in total. The number of amides is 1. The van der Waals surface area contributed by atoms with E-state index in [1.165, 1.54) is 6.42 Å². The van der Waals surface area contributed by atoms with Crippen molar-refractivity contribution in [2.75, 3.05) is 19.7 Å². The lowest BCUT2D eigenvalue weighted by Crippen LogP contribution is -2.65. The van der Waals surface area contributed by atoms with Crippen molar-refractivity contribution in [1.82, 2.24) is 4.90 Å². The zero-order valence-corrected chi connectivity index (χ0v) is 13.7. The van der Waals surface area contributed by atoms with E-state index in [0.717, 1.165) is 44.9 Å². The third-order valence-corrected chi connectivity index (χ3v) is 6.26. The number of aliphatic hydroxyl groups is 1. The molecule has 2 atom stereocenters. The van der Waals surface area contributed by atoms with Gasteiger partial charge in [0.2, 0.25) is 5.91 Å². The van der Waals surface area contributed by atoms with Crippen LogP contribution in [0, 0.1) is 5.41 Å². The molecular formula is C17H30N2O3. The molecule has 0 unspecified atom stereocenters. The van der Waals surface area contributed by atoms with Crippen molar-refractivity contribution < 1.29 is 14.6 Å². The molecule has 2 saturated carbocycles. The molecule has 3 N–H and O–H groups in total. The van der Waals surface area contributed by atoms with Crippen LogP contribution in [-0.2, 0) is 9.53 Å². The molecule has 1 saturated heterocycles. The van der Waals surface area contributed by atoms with Crippen LogP contribution < -0.4 is 5.73 Å². The minimum atomic E-state index is -0.639. The Labute approximate surface area is 133 Å². The SMILES string of the molecule is CCO[C@@H]1C[C@@H](O)C12CCN(C(=O)C1(N)CCCCC1)CC2. The number of ether oxygens (including phenoxy) is 1. The lowest BCUT2D eigenvalue weighted by atomic mass is 9.58. The zero-order valence-electron chi connectivity index (χ0n) is 13.7. The van der Waals surface area contributed by atoms with Gasteiger partial charge in [0.1, 0.15) is 0 Å². The van der Waals surface area contributed by atoms with E-state index in [-0.39, 0.29) is 23.5 Å². The topological polar surface area (TPSA) is 75.8 Å². The molecule has 2 aliphatic carbocycles. The van der Waals surface area contributed by atoms with Crippen LogP contribution in [0.2, 0.25) is 0 Å². The van der Waals surface area contributed by atoms with Gasteiger partial charge in [-0.05, 0) is 32.6 Å². The normalized spacial score (nSPS) is 33.5. The number of rotatable bonds is 3. The highest BCUT2D eigenvalue weighted by Gasteiger charge is 2.56. The average molecular weight is 310 g/mol. The summed E-state index contributed by atoms with van der Waals surface area (Å²) in [4.78, 5) is 14.7. The van der Waals surface area contributed by atoms with Crippen LogP contribution in [0.3, 0.4) is 0 Å². The third-order valence-electron chi connectivity index (χ3n) is 6.26. The van der Waals surface area contributed by atoms with E-state index in [1.54, 1.807) is 0 Å². The molecule has 3 aliphatic rings. The smallest absolute Gasteiger partial charge is 0.242 e. The second-order valence-electron chi connectivity index (χ2n) is 7.44. The highest BCUT2D eigenvalue weighted by atomic mass is 16.5. The zero-order chi connectivity index (χ0) is 15.8. The summed E-state index contributed by atoms with van der Waals surface area (Å²) in [7, 11) is 0. The Morgan fingerprint density at radius 3 is 2.41 bits per heavy atom. The molecule has 1 amide bonds. The predicted molar refractivity (Wildman–Crippen MR) is 84.3 cm³/mol. The molecule has 126 valence electrons. The highest BCUT2D eigenvalue weighted by Crippen LogP contribution is 2.51. The number of likely N-dealkylation sites (tertiary alicyclic amines) is 1. The number of hydrogen-bond donors (Lipinski definition) is 2. The first kappa shape index (κ1) is 16.2. The van der Waals surface area contributed by atoms with Crippen LogP contribution in [0.25, 0.3) is 0 Å². The summed E-state index contributed by atoms with van der Waals surface area (Å²) in [6, 6.07) is 0. The van der Waals surface area contributed by atoms with Gasteiger partial charge in [0.15, 0.2) is 0 Å². The van der Waals surface area contributed by atoms with E-state index in [9.17, 15) is 9.90 Å². The maximum Gasteiger partial charge on any atom is 0.242 e. The van der Waals surface area contributed by atoms with E-state index in [1.807, 2.05) is 11.8 Å². The monoisotopic (exact) mass is 310 g/mol. The maximum atomic E-state index is 12.8. The predicted octanol–water partition coefficient (Wildman–Crippen LogP) is 1.43. The Hall–Kier alpha value is -0.650. The van der Waals surface area contributed by atoms with Crippen molar-refractivity contribution in [3.05, 3.63) is 0 Å². The van der Waals surface area contributed by atoms with Gasteiger partial charge in [0, 0.05) is 31.5 Å². The molecule has 0 bridgehead atoms. The minimum absolute atomic E-state index is 0.124. The first-order valence-electron chi connectivity index (χ1n) is 8.90. The third kappa shape index (κ3) is 2.57. The lowest BCUT2D eigenvalue weighted by molar-refractivity contribution is -0.210. The largest absolute Gasteiger partial charge is 0.392 e. The molecule has 0 aromatic heterocycles. The fraction of sp³-hybridized carbons (Fsp3) is 0.941. The number of carbonyl (C=O) groups is 1. The van der Waals surface area contributed by atoms with E-state index in [4.69, 9.17) is 10.5 Å². The van der Waals surface area contributed by atoms with Crippen LogP contribution in [0.4, 0.5) is 0 Å². The standard InChI is InChI=1S/C17H30N2O3/c1-2-22-14-12-13(20)16(14)8-10-19(11-9-16)15(21)17(18)6-4-3-5-7-17/h13-14,20H,2-12,18H2,1H3/t13-,14-/m1/s1. The van der Waals surface area contributed by atoms with E-state index in [0.29, 0.717) is 19.7 Å². The van der Waals surface area contributed by atoms with E-state index >= 15 is 0 Å². The number of nitrogens with zero attached hydrogens (tertiary/aromatic N) is 1. The van der Waals surface area contributed by atoms with Crippen LogP contribution >= 0.6 is 0 Å². The molecule has 1 aliphatic heterocycles. The Kier molecular flexibility index (Phi) is 4.49. The highest BCUT2D eigenvalue weighted by molar-refractivity contribution is 5.86. The van der Waals surface area contributed by atoms with Crippen molar-refractivity contribution in [2.24, 2.45) is 11.1 Å². The summed E-state index contributed by atoms with van der Waals surface area (Å²) >= 11 is 0. The number of carbonyl (C=O) groups excluding carboxylic acids is 1. The first-order valence-corrected chi connectivity index (χ1v) is 8.90. The summed E-state index contributed by atoms with van der Waals surface area (Å²) in [5.74, 6) is 0.129. The molecule has 1 spiro atoms. The fourth-order valence-electron chi connectivity index (χ4n) is 4.65. The lowest BCUT2D eigenvalue weighted by Gasteiger charge is -2.57. The summed E-state index contributed by atoms with van der Waals surface area (Å²) in [5.41, 5.74) is 5.62.